The fourth-order valence-corrected chi connectivity index (χ4v) is 4.85. The van der Waals surface area contributed by atoms with E-state index in [1.807, 2.05) is 13.8 Å². The standard InChI is InChI=1S/C16H20N2O3S2/c1-8(2)21-15(20)9(3)22-16-17-13(19)12-10-6-4-5-7-11(10)23-14(12)18-16/h8-9H,4-7H2,1-3H3,(H,17,18,19). The number of rotatable bonds is 4. The normalized spacial score (nSPS) is 15.7. The number of aromatic amines is 1. The van der Waals surface area contributed by atoms with E-state index in [-0.39, 0.29) is 17.6 Å². The van der Waals surface area contributed by atoms with Crippen molar-refractivity contribution in [2.75, 3.05) is 0 Å². The molecule has 0 saturated heterocycles. The van der Waals surface area contributed by atoms with Crippen molar-refractivity contribution >= 4 is 39.3 Å². The molecule has 0 spiro atoms. The molecule has 2 heterocycles. The summed E-state index contributed by atoms with van der Waals surface area (Å²) in [7, 11) is 0. The summed E-state index contributed by atoms with van der Waals surface area (Å²) >= 11 is 2.85. The minimum Gasteiger partial charge on any atom is -0.462 e. The van der Waals surface area contributed by atoms with Crippen LogP contribution in [0.1, 0.15) is 44.1 Å². The SMILES string of the molecule is CC(C)OC(=O)C(C)Sc1nc2sc3c(c2c(=O)[nH]1)CCCC3. The number of esters is 1. The van der Waals surface area contributed by atoms with Crippen molar-refractivity contribution in [2.45, 2.75) is 63.0 Å². The maximum absolute atomic E-state index is 12.4. The second-order valence-electron chi connectivity index (χ2n) is 6.01. The Kier molecular flexibility index (Phi) is 4.77. The van der Waals surface area contributed by atoms with Crippen LogP contribution in [0.4, 0.5) is 0 Å². The van der Waals surface area contributed by atoms with Crippen LogP contribution in [0.25, 0.3) is 10.2 Å². The van der Waals surface area contributed by atoms with Crippen LogP contribution in [0.3, 0.4) is 0 Å². The molecule has 1 aliphatic rings. The van der Waals surface area contributed by atoms with Crippen LogP contribution in [0, 0.1) is 0 Å². The Morgan fingerprint density at radius 3 is 2.78 bits per heavy atom. The second kappa shape index (κ2) is 6.65. The van der Waals surface area contributed by atoms with E-state index < -0.39 is 5.25 Å². The van der Waals surface area contributed by atoms with Gasteiger partial charge in [-0.05, 0) is 52.0 Å². The zero-order valence-electron chi connectivity index (χ0n) is 13.5. The van der Waals surface area contributed by atoms with Crippen molar-refractivity contribution in [3.63, 3.8) is 0 Å². The number of fused-ring (bicyclic) bond motifs is 3. The second-order valence-corrected chi connectivity index (χ2v) is 8.42. The highest BCUT2D eigenvalue weighted by molar-refractivity contribution is 8.00. The molecule has 1 atom stereocenters. The fourth-order valence-electron chi connectivity index (χ4n) is 2.74. The highest BCUT2D eigenvalue weighted by Crippen LogP contribution is 2.34. The van der Waals surface area contributed by atoms with Crippen LogP contribution < -0.4 is 5.56 Å². The van der Waals surface area contributed by atoms with Gasteiger partial charge in [0.15, 0.2) is 5.16 Å². The van der Waals surface area contributed by atoms with Crippen molar-refractivity contribution in [1.29, 1.82) is 0 Å². The number of carbonyl (C=O) groups excluding carboxylic acids is 1. The number of hydrogen-bond donors (Lipinski definition) is 1. The van der Waals surface area contributed by atoms with E-state index in [0.29, 0.717) is 5.16 Å². The average molecular weight is 352 g/mol. The van der Waals surface area contributed by atoms with Crippen molar-refractivity contribution in [1.82, 2.24) is 9.97 Å². The smallest absolute Gasteiger partial charge is 0.319 e. The Labute approximate surface area is 142 Å². The molecule has 3 rings (SSSR count). The van der Waals surface area contributed by atoms with Gasteiger partial charge < -0.3 is 9.72 Å². The summed E-state index contributed by atoms with van der Waals surface area (Å²) in [6.07, 6.45) is 4.16. The van der Waals surface area contributed by atoms with Crippen LogP contribution in [0.15, 0.2) is 9.95 Å². The summed E-state index contributed by atoms with van der Waals surface area (Å²) in [5.74, 6) is -0.293. The van der Waals surface area contributed by atoms with Gasteiger partial charge in [-0.3, -0.25) is 9.59 Å². The zero-order chi connectivity index (χ0) is 16.6. The van der Waals surface area contributed by atoms with Gasteiger partial charge in [0.05, 0.1) is 11.5 Å². The van der Waals surface area contributed by atoms with Crippen LogP contribution in [0.2, 0.25) is 0 Å². The molecule has 124 valence electrons. The molecule has 0 aromatic carbocycles. The maximum atomic E-state index is 12.4. The number of nitrogens with zero attached hydrogens (tertiary/aromatic N) is 1. The maximum Gasteiger partial charge on any atom is 0.319 e. The minimum absolute atomic E-state index is 0.0960. The monoisotopic (exact) mass is 352 g/mol. The number of hydrogen-bond acceptors (Lipinski definition) is 6. The lowest BCUT2D eigenvalue weighted by Crippen LogP contribution is -2.21. The Morgan fingerprint density at radius 2 is 2.04 bits per heavy atom. The molecular weight excluding hydrogens is 332 g/mol. The lowest BCUT2D eigenvalue weighted by Gasteiger charge is -2.13. The first-order valence-electron chi connectivity index (χ1n) is 7.87. The van der Waals surface area contributed by atoms with Crippen molar-refractivity contribution in [3.05, 3.63) is 20.8 Å². The molecule has 7 heteroatoms. The summed E-state index contributed by atoms with van der Waals surface area (Å²) in [6, 6.07) is 0. The third kappa shape index (κ3) is 3.45. The van der Waals surface area contributed by atoms with E-state index in [1.165, 1.54) is 28.6 Å². The van der Waals surface area contributed by atoms with Crippen molar-refractivity contribution in [3.8, 4) is 0 Å². The van der Waals surface area contributed by atoms with Gasteiger partial charge in [-0.2, -0.15) is 0 Å². The highest BCUT2D eigenvalue weighted by Gasteiger charge is 2.22. The first-order valence-corrected chi connectivity index (χ1v) is 9.57. The summed E-state index contributed by atoms with van der Waals surface area (Å²) in [4.78, 5) is 33.8. The molecule has 0 fully saturated rings. The zero-order valence-corrected chi connectivity index (χ0v) is 15.1. The van der Waals surface area contributed by atoms with Gasteiger partial charge in [-0.1, -0.05) is 11.8 Å². The number of carbonyl (C=O) groups is 1. The summed E-state index contributed by atoms with van der Waals surface area (Å²) in [5.41, 5.74) is 1.08. The van der Waals surface area contributed by atoms with Gasteiger partial charge in [0.1, 0.15) is 10.1 Å². The summed E-state index contributed by atoms with van der Waals surface area (Å²) in [5, 5.41) is 0.813. The van der Waals surface area contributed by atoms with Gasteiger partial charge in [0.2, 0.25) is 0 Å². The molecule has 1 aliphatic carbocycles. The average Bonchev–Trinajstić information content (AvgIpc) is 2.84. The van der Waals surface area contributed by atoms with E-state index in [1.54, 1.807) is 18.3 Å². The number of H-pyrrole nitrogens is 1. The van der Waals surface area contributed by atoms with Crippen LogP contribution >= 0.6 is 23.1 Å². The molecule has 23 heavy (non-hydrogen) atoms. The molecule has 1 N–H and O–H groups in total. The van der Waals surface area contributed by atoms with E-state index in [4.69, 9.17) is 4.74 Å². The summed E-state index contributed by atoms with van der Waals surface area (Å²) in [6.45, 7) is 5.40. The Hall–Kier alpha value is -1.34. The van der Waals surface area contributed by atoms with Gasteiger partial charge in [-0.25, -0.2) is 4.98 Å². The van der Waals surface area contributed by atoms with Gasteiger partial charge in [0.25, 0.3) is 5.56 Å². The molecular formula is C16H20N2O3S2. The molecule has 2 aromatic heterocycles. The third-order valence-electron chi connectivity index (χ3n) is 3.78. The largest absolute Gasteiger partial charge is 0.462 e. The van der Waals surface area contributed by atoms with Gasteiger partial charge in [0, 0.05) is 4.88 Å². The lowest BCUT2D eigenvalue weighted by atomic mass is 9.97. The van der Waals surface area contributed by atoms with Crippen molar-refractivity contribution < 1.29 is 9.53 Å². The number of ether oxygens (including phenoxy) is 1. The number of thioether (sulfide) groups is 1. The predicted molar refractivity (Wildman–Crippen MR) is 93.4 cm³/mol. The third-order valence-corrected chi connectivity index (χ3v) is 5.92. The van der Waals surface area contributed by atoms with E-state index in [2.05, 4.69) is 9.97 Å². The molecule has 0 bridgehead atoms. The van der Waals surface area contributed by atoms with Gasteiger partial charge >= 0.3 is 5.97 Å². The molecule has 5 nitrogen and oxygen atoms in total. The Balaban J connectivity index is 1.88. The van der Waals surface area contributed by atoms with Crippen molar-refractivity contribution in [2.24, 2.45) is 0 Å². The Morgan fingerprint density at radius 1 is 1.30 bits per heavy atom. The van der Waals surface area contributed by atoms with Crippen LogP contribution in [0.5, 0.6) is 0 Å². The van der Waals surface area contributed by atoms with Crippen LogP contribution in [-0.2, 0) is 22.4 Å². The molecule has 2 aromatic rings. The number of aryl methyl sites for hydroxylation is 2. The number of nitrogens with one attached hydrogen (secondary N) is 1. The quantitative estimate of drug-likeness (QED) is 0.519. The number of thiophene rings is 1. The van der Waals surface area contributed by atoms with E-state index in [9.17, 15) is 9.59 Å². The first-order chi connectivity index (χ1) is 11.0. The molecule has 0 aliphatic heterocycles. The Bertz CT molecular complexity index is 794. The topological polar surface area (TPSA) is 72.0 Å². The van der Waals surface area contributed by atoms with Gasteiger partial charge in [-0.15, -0.1) is 11.3 Å². The molecule has 0 radical (unpaired) electrons. The number of aromatic nitrogens is 2. The predicted octanol–water partition coefficient (Wildman–Crippen LogP) is 3.30. The van der Waals surface area contributed by atoms with E-state index >= 15 is 0 Å². The summed E-state index contributed by atoms with van der Waals surface area (Å²) < 4.78 is 5.19. The first kappa shape index (κ1) is 16.5. The lowest BCUT2D eigenvalue weighted by molar-refractivity contribution is -0.146. The molecule has 1 unspecified atom stereocenters. The molecule has 0 amide bonds. The minimum atomic E-state index is -0.410. The van der Waals surface area contributed by atoms with Crippen LogP contribution in [-0.4, -0.2) is 27.3 Å². The van der Waals surface area contributed by atoms with E-state index in [0.717, 1.165) is 29.5 Å². The highest BCUT2D eigenvalue weighted by atomic mass is 32.2. The molecule has 0 saturated carbocycles. The fraction of sp³-hybridized carbons (Fsp3) is 0.562.